The number of ether oxygens (including phenoxy) is 1. The molecule has 3 aromatic rings. The maximum Gasteiger partial charge on any atom is 0.573 e. The highest BCUT2D eigenvalue weighted by atomic mass is 32.2. The van der Waals surface area contributed by atoms with E-state index in [1.807, 2.05) is 4.90 Å². The average Bonchev–Trinajstić information content (AvgIpc) is 3.34. The second kappa shape index (κ2) is 11.0. The van der Waals surface area contributed by atoms with Crippen LogP contribution in [0.5, 0.6) is 5.75 Å². The van der Waals surface area contributed by atoms with Crippen molar-refractivity contribution in [3.05, 3.63) is 36.8 Å². The minimum atomic E-state index is -4.83. The minimum absolute atomic E-state index is 0.0891. The minimum Gasteiger partial charge on any atom is -0.406 e. The number of alkyl halides is 3. The first-order chi connectivity index (χ1) is 19.0. The van der Waals surface area contributed by atoms with E-state index in [1.54, 1.807) is 36.3 Å². The first-order valence-electron chi connectivity index (χ1n) is 12.7. The number of carbonyl (C=O) groups excluding carboxylic acids is 1. The molecule has 1 atom stereocenters. The molecule has 2 aliphatic heterocycles. The molecule has 0 saturated carbocycles. The van der Waals surface area contributed by atoms with E-state index in [9.17, 15) is 22.2 Å². The van der Waals surface area contributed by atoms with E-state index < -0.39 is 22.9 Å². The summed E-state index contributed by atoms with van der Waals surface area (Å²) in [6, 6.07) is 3.98. The standard InChI is InChI=1S/C25H29F3N8O3S/c1-17(37)34-7-4-24(5-8-34)15-35(16-24)22-12-21(31-20-11-19(3-6-29-20)39-25(26,27)28)32-23(33-22)18-13-30-36(14-18)9-10-40(2)38/h3,6,11-14H,4-5,7-10,15-16H2,1-2H3,(H,29,31,32,33). The van der Waals surface area contributed by atoms with Crippen molar-refractivity contribution in [2.75, 3.05) is 48.4 Å². The quantitative estimate of drug-likeness (QED) is 0.430. The number of anilines is 3. The largest absolute Gasteiger partial charge is 0.573 e. The van der Waals surface area contributed by atoms with Gasteiger partial charge in [-0.25, -0.2) is 15.0 Å². The summed E-state index contributed by atoms with van der Waals surface area (Å²) in [6.45, 7) is 5.05. The van der Waals surface area contributed by atoms with Crippen LogP contribution < -0.4 is 15.0 Å². The number of pyridine rings is 1. The molecule has 5 heterocycles. The lowest BCUT2D eigenvalue weighted by Crippen LogP contribution is -2.61. The third-order valence-corrected chi connectivity index (χ3v) is 7.84. The molecule has 2 saturated heterocycles. The van der Waals surface area contributed by atoms with Crippen LogP contribution in [0.15, 0.2) is 36.8 Å². The number of nitrogens with one attached hydrogen (secondary N) is 1. The van der Waals surface area contributed by atoms with Crippen LogP contribution in [0.1, 0.15) is 19.8 Å². The Morgan fingerprint density at radius 2 is 1.93 bits per heavy atom. The maximum atomic E-state index is 12.7. The molecule has 1 unspecified atom stereocenters. The number of piperidine rings is 1. The number of nitrogens with zero attached hydrogens (tertiary/aromatic N) is 7. The van der Waals surface area contributed by atoms with Crippen LogP contribution in [-0.2, 0) is 22.1 Å². The molecule has 1 spiro atoms. The number of aromatic nitrogens is 5. The highest BCUT2D eigenvalue weighted by Crippen LogP contribution is 2.43. The van der Waals surface area contributed by atoms with Crippen molar-refractivity contribution in [2.45, 2.75) is 32.7 Å². The van der Waals surface area contributed by atoms with Crippen molar-refractivity contribution in [3.8, 4) is 17.1 Å². The molecule has 3 aromatic heterocycles. The molecule has 2 fully saturated rings. The summed E-state index contributed by atoms with van der Waals surface area (Å²) in [7, 11) is -0.968. The highest BCUT2D eigenvalue weighted by molar-refractivity contribution is 7.84. The van der Waals surface area contributed by atoms with E-state index in [4.69, 9.17) is 4.98 Å². The Balaban J connectivity index is 1.39. The van der Waals surface area contributed by atoms with Gasteiger partial charge in [0.15, 0.2) is 5.82 Å². The molecule has 1 N–H and O–H groups in total. The summed E-state index contributed by atoms with van der Waals surface area (Å²) in [5.74, 6) is 1.62. The summed E-state index contributed by atoms with van der Waals surface area (Å²) < 4.78 is 55.3. The lowest BCUT2D eigenvalue weighted by atomic mass is 9.72. The van der Waals surface area contributed by atoms with Crippen LogP contribution in [0, 0.1) is 5.41 Å². The normalized spacial score (nSPS) is 17.4. The van der Waals surface area contributed by atoms with Gasteiger partial charge >= 0.3 is 6.36 Å². The van der Waals surface area contributed by atoms with Gasteiger partial charge in [0.2, 0.25) is 5.91 Å². The predicted octanol–water partition coefficient (Wildman–Crippen LogP) is 3.20. The zero-order valence-electron chi connectivity index (χ0n) is 22.0. The number of halogens is 3. The molecule has 0 bridgehead atoms. The zero-order valence-corrected chi connectivity index (χ0v) is 22.8. The van der Waals surface area contributed by atoms with E-state index >= 15 is 0 Å². The number of hydrogen-bond acceptors (Lipinski definition) is 9. The van der Waals surface area contributed by atoms with Gasteiger partial charge in [-0.05, 0) is 18.9 Å². The van der Waals surface area contributed by atoms with Gasteiger partial charge in [0, 0.05) is 85.9 Å². The third kappa shape index (κ3) is 6.69. The second-order valence-corrected chi connectivity index (χ2v) is 11.7. The van der Waals surface area contributed by atoms with Crippen LogP contribution in [-0.4, -0.2) is 84.3 Å². The molecule has 1 amide bonds. The summed E-state index contributed by atoms with van der Waals surface area (Å²) in [5.41, 5.74) is 0.745. The summed E-state index contributed by atoms with van der Waals surface area (Å²) >= 11 is 0. The lowest BCUT2D eigenvalue weighted by molar-refractivity contribution is -0.274. The van der Waals surface area contributed by atoms with Gasteiger partial charge in [-0.3, -0.25) is 13.7 Å². The molecular weight excluding hydrogens is 549 g/mol. The van der Waals surface area contributed by atoms with E-state index in [0.717, 1.165) is 51.2 Å². The van der Waals surface area contributed by atoms with Crippen LogP contribution in [0.3, 0.4) is 0 Å². The third-order valence-electron chi connectivity index (χ3n) is 7.08. The fourth-order valence-electron chi connectivity index (χ4n) is 4.96. The second-order valence-electron chi connectivity index (χ2n) is 10.1. The van der Waals surface area contributed by atoms with E-state index in [2.05, 4.69) is 30.0 Å². The van der Waals surface area contributed by atoms with Crippen molar-refractivity contribution in [1.82, 2.24) is 29.6 Å². The Kier molecular flexibility index (Phi) is 7.66. The van der Waals surface area contributed by atoms with Crippen molar-refractivity contribution >= 4 is 34.2 Å². The molecule has 214 valence electrons. The molecule has 0 radical (unpaired) electrons. The summed E-state index contributed by atoms with van der Waals surface area (Å²) in [5, 5.41) is 7.29. The molecule has 0 aromatic carbocycles. The molecule has 0 aliphatic carbocycles. The van der Waals surface area contributed by atoms with Gasteiger partial charge in [0.1, 0.15) is 23.2 Å². The Hall–Kier alpha value is -3.75. The van der Waals surface area contributed by atoms with Gasteiger partial charge in [0.05, 0.1) is 18.3 Å². The highest BCUT2D eigenvalue weighted by Gasteiger charge is 2.45. The van der Waals surface area contributed by atoms with Gasteiger partial charge in [-0.1, -0.05) is 0 Å². The number of hydrogen-bond donors (Lipinski definition) is 1. The molecule has 5 rings (SSSR count). The van der Waals surface area contributed by atoms with Crippen molar-refractivity contribution < 1.29 is 26.9 Å². The first-order valence-corrected chi connectivity index (χ1v) is 14.4. The monoisotopic (exact) mass is 578 g/mol. The molecule has 2 aliphatic rings. The van der Waals surface area contributed by atoms with Crippen LogP contribution in [0.2, 0.25) is 0 Å². The number of carbonyl (C=O) groups is 1. The molecule has 11 nitrogen and oxygen atoms in total. The first kappa shape index (κ1) is 27.8. The van der Waals surface area contributed by atoms with Crippen LogP contribution in [0.25, 0.3) is 11.4 Å². The molecule has 15 heteroatoms. The van der Waals surface area contributed by atoms with E-state index in [1.165, 1.54) is 6.20 Å². The van der Waals surface area contributed by atoms with E-state index in [-0.39, 0.29) is 17.1 Å². The Morgan fingerprint density at radius 1 is 1.18 bits per heavy atom. The fourth-order valence-corrected chi connectivity index (χ4v) is 5.40. The van der Waals surface area contributed by atoms with Gasteiger partial charge in [-0.15, -0.1) is 13.2 Å². The van der Waals surface area contributed by atoms with Gasteiger partial charge in [0.25, 0.3) is 0 Å². The van der Waals surface area contributed by atoms with Crippen molar-refractivity contribution in [2.24, 2.45) is 5.41 Å². The number of likely N-dealkylation sites (tertiary alicyclic amines) is 1. The van der Waals surface area contributed by atoms with Crippen molar-refractivity contribution in [1.29, 1.82) is 0 Å². The van der Waals surface area contributed by atoms with E-state index in [0.29, 0.717) is 35.3 Å². The maximum absolute atomic E-state index is 12.7. The number of aryl methyl sites for hydroxylation is 1. The topological polar surface area (TPSA) is 118 Å². The van der Waals surface area contributed by atoms with Crippen molar-refractivity contribution in [3.63, 3.8) is 0 Å². The predicted molar refractivity (Wildman–Crippen MR) is 143 cm³/mol. The number of amides is 1. The molecule has 40 heavy (non-hydrogen) atoms. The lowest BCUT2D eigenvalue weighted by Gasteiger charge is -2.54. The number of rotatable bonds is 8. The zero-order chi connectivity index (χ0) is 28.5. The van der Waals surface area contributed by atoms with Crippen LogP contribution in [0.4, 0.5) is 30.6 Å². The Labute approximate surface area is 231 Å². The fraction of sp³-hybridized carbons (Fsp3) is 0.480. The van der Waals surface area contributed by atoms with Crippen LogP contribution >= 0.6 is 0 Å². The Morgan fingerprint density at radius 3 is 2.60 bits per heavy atom. The van der Waals surface area contributed by atoms with Gasteiger partial charge < -0.3 is 19.9 Å². The molecular formula is C25H29F3N8O3S. The van der Waals surface area contributed by atoms with Gasteiger partial charge in [-0.2, -0.15) is 5.10 Å². The smallest absolute Gasteiger partial charge is 0.406 e. The Bertz CT molecular complexity index is 1400. The average molecular weight is 579 g/mol. The summed E-state index contributed by atoms with van der Waals surface area (Å²) in [4.78, 5) is 29.2. The SMILES string of the molecule is CC(=O)N1CCC2(CC1)CN(c1cc(Nc3cc(OC(F)(F)F)ccn3)nc(-c3cnn(CCS(C)=O)c3)n1)C2. The summed E-state index contributed by atoms with van der Waals surface area (Å²) in [6.07, 6.45) is 3.21.